The van der Waals surface area contributed by atoms with Gasteiger partial charge in [0.2, 0.25) is 5.39 Å². The summed E-state index contributed by atoms with van der Waals surface area (Å²) in [6.07, 6.45) is 2.17. The van der Waals surface area contributed by atoms with Gasteiger partial charge in [0, 0.05) is 18.2 Å². The summed E-state index contributed by atoms with van der Waals surface area (Å²) in [4.78, 5) is 11.3. The van der Waals surface area contributed by atoms with Crippen molar-refractivity contribution in [3.05, 3.63) is 62.6 Å². The van der Waals surface area contributed by atoms with Crippen LogP contribution in [-0.2, 0) is 20.2 Å². The first-order valence-electron chi connectivity index (χ1n) is 6.84. The normalized spacial score (nSPS) is 12.0. The molecule has 11 nitrogen and oxygen atoms in total. The fourth-order valence-corrected chi connectivity index (χ4v) is 3.53. The topological polar surface area (TPSA) is 180 Å². The maximum Gasteiger partial charge on any atom is 0.386 e. The molecule has 0 heterocycles. The quantitative estimate of drug-likeness (QED) is 0.245. The van der Waals surface area contributed by atoms with Gasteiger partial charge in [-0.25, -0.2) is 0 Å². The Bertz CT molecular complexity index is 1210. The van der Waals surface area contributed by atoms with Gasteiger partial charge < -0.3 is 0 Å². The van der Waals surface area contributed by atoms with Crippen molar-refractivity contribution in [2.24, 2.45) is 0 Å². The molecule has 0 saturated heterocycles. The average molecular weight is 412 g/mol. The zero-order valence-electron chi connectivity index (χ0n) is 13.1. The molecule has 0 aliphatic heterocycles. The molecule has 0 aliphatic rings. The number of nitro groups is 1. The highest BCUT2D eigenvalue weighted by Gasteiger charge is 2.21. The third-order valence-electron chi connectivity index (χ3n) is 3.32. The van der Waals surface area contributed by atoms with Crippen LogP contribution in [0.2, 0.25) is 0 Å². The molecule has 0 unspecified atom stereocenters. The zero-order chi connectivity index (χ0) is 20.4. The minimum Gasteiger partial charge on any atom is -0.282 e. The first kappa shape index (κ1) is 20.1. The van der Waals surface area contributed by atoms with Crippen molar-refractivity contribution in [1.82, 2.24) is 0 Å². The predicted octanol–water partition coefficient (Wildman–Crippen LogP) is 2.74. The summed E-state index contributed by atoms with van der Waals surface area (Å²) in [7, 11) is -9.52. The summed E-state index contributed by atoms with van der Waals surface area (Å²) in [5.74, 6) is 0. The Hall–Kier alpha value is -3.18. The number of nitrogens with zero attached hydrogens (tertiary/aromatic N) is 3. The van der Waals surface area contributed by atoms with Crippen molar-refractivity contribution in [3.63, 3.8) is 0 Å². The number of diazo groups is 1. The molecule has 0 fully saturated rings. The lowest BCUT2D eigenvalue weighted by Crippen LogP contribution is -2.02. The van der Waals surface area contributed by atoms with E-state index in [2.05, 4.69) is 4.98 Å². The molecule has 0 amide bonds. The van der Waals surface area contributed by atoms with E-state index in [1.165, 1.54) is 12.1 Å². The van der Waals surface area contributed by atoms with Crippen LogP contribution < -0.4 is 0 Å². The van der Waals surface area contributed by atoms with E-state index in [9.17, 15) is 36.1 Å². The standard InChI is InChI=1S/C14H9N3O8S2/c15-16-11-5-3-9(13(7-11)26(20,21)22)1-2-10-4-6-12(17(18)19)8-14(10)27(23,24)25/h1-8H,(H-,20,21,22,23,24,25)/p+1. The molecule has 0 aliphatic carbocycles. The second-order valence-corrected chi connectivity index (χ2v) is 7.86. The van der Waals surface area contributed by atoms with E-state index in [1.807, 2.05) is 0 Å². The third kappa shape index (κ3) is 4.71. The van der Waals surface area contributed by atoms with Crippen LogP contribution in [0.25, 0.3) is 17.1 Å². The monoisotopic (exact) mass is 412 g/mol. The van der Waals surface area contributed by atoms with E-state index in [1.54, 1.807) is 0 Å². The van der Waals surface area contributed by atoms with Gasteiger partial charge in [0.05, 0.1) is 11.0 Å². The lowest BCUT2D eigenvalue weighted by Gasteiger charge is -2.04. The fourth-order valence-electron chi connectivity index (χ4n) is 2.12. The Kier molecular flexibility index (Phi) is 5.38. The first-order valence-corrected chi connectivity index (χ1v) is 9.72. The highest BCUT2D eigenvalue weighted by molar-refractivity contribution is 7.86. The van der Waals surface area contributed by atoms with Crippen LogP contribution >= 0.6 is 0 Å². The van der Waals surface area contributed by atoms with Gasteiger partial charge in [0.15, 0.2) is 4.98 Å². The minimum absolute atomic E-state index is 0.0930. The lowest BCUT2D eigenvalue weighted by atomic mass is 10.1. The van der Waals surface area contributed by atoms with Gasteiger partial charge in [-0.15, -0.1) is 0 Å². The van der Waals surface area contributed by atoms with Crippen LogP contribution in [0.5, 0.6) is 0 Å². The Balaban J connectivity index is 2.63. The highest BCUT2D eigenvalue weighted by Crippen LogP contribution is 2.27. The van der Waals surface area contributed by atoms with Crippen LogP contribution in [0.3, 0.4) is 0 Å². The molecule has 27 heavy (non-hydrogen) atoms. The van der Waals surface area contributed by atoms with Crippen molar-refractivity contribution in [2.75, 3.05) is 0 Å². The van der Waals surface area contributed by atoms with Crippen molar-refractivity contribution in [3.8, 4) is 0 Å². The number of nitro benzene ring substituents is 1. The van der Waals surface area contributed by atoms with E-state index >= 15 is 0 Å². The van der Waals surface area contributed by atoms with Gasteiger partial charge in [0.25, 0.3) is 25.9 Å². The van der Waals surface area contributed by atoms with Gasteiger partial charge in [-0.3, -0.25) is 19.2 Å². The van der Waals surface area contributed by atoms with Gasteiger partial charge in [-0.05, 0) is 23.3 Å². The summed E-state index contributed by atoms with van der Waals surface area (Å²) >= 11 is 0. The van der Waals surface area contributed by atoms with Gasteiger partial charge in [-0.1, -0.05) is 12.2 Å². The summed E-state index contributed by atoms with van der Waals surface area (Å²) in [5, 5.41) is 19.5. The Morgan fingerprint density at radius 3 is 1.85 bits per heavy atom. The minimum atomic E-state index is -4.81. The van der Waals surface area contributed by atoms with E-state index in [0.29, 0.717) is 6.07 Å². The molecular weight excluding hydrogens is 402 g/mol. The highest BCUT2D eigenvalue weighted by atomic mass is 32.2. The molecule has 2 aromatic rings. The van der Waals surface area contributed by atoms with Crippen molar-refractivity contribution in [1.29, 1.82) is 5.39 Å². The molecule has 0 atom stereocenters. The molecule has 0 radical (unpaired) electrons. The molecule has 2 rings (SSSR count). The first-order chi connectivity index (χ1) is 12.4. The van der Waals surface area contributed by atoms with Crippen molar-refractivity contribution >= 4 is 43.8 Å². The van der Waals surface area contributed by atoms with Crippen LogP contribution in [0.4, 0.5) is 11.4 Å². The molecule has 0 bridgehead atoms. The Morgan fingerprint density at radius 2 is 1.41 bits per heavy atom. The van der Waals surface area contributed by atoms with Crippen molar-refractivity contribution in [2.45, 2.75) is 9.79 Å². The summed E-state index contributed by atoms with van der Waals surface area (Å²) in [6.45, 7) is 0. The SMILES string of the molecule is N#[N+]c1ccc(C=Cc2ccc([N+](=O)[O-])cc2S(=O)(=O)O)c(S(=O)(=O)O)c1. The van der Waals surface area contributed by atoms with E-state index in [4.69, 9.17) is 5.39 Å². The Labute approximate surface area is 152 Å². The number of benzene rings is 2. The van der Waals surface area contributed by atoms with E-state index in [0.717, 1.165) is 30.4 Å². The molecule has 2 aromatic carbocycles. The molecule has 0 saturated carbocycles. The summed E-state index contributed by atoms with van der Waals surface area (Å²) in [5.41, 5.74) is -0.995. The van der Waals surface area contributed by atoms with Crippen LogP contribution in [0.1, 0.15) is 11.1 Å². The lowest BCUT2D eigenvalue weighted by molar-refractivity contribution is -0.385. The zero-order valence-corrected chi connectivity index (χ0v) is 14.8. The number of hydrogen-bond acceptors (Lipinski definition) is 7. The average Bonchev–Trinajstić information content (AvgIpc) is 2.58. The maximum absolute atomic E-state index is 11.5. The smallest absolute Gasteiger partial charge is 0.282 e. The third-order valence-corrected chi connectivity index (χ3v) is 5.14. The van der Waals surface area contributed by atoms with Gasteiger partial charge in [-0.2, -0.15) is 16.8 Å². The molecule has 13 heteroatoms. The second kappa shape index (κ2) is 7.21. The number of rotatable bonds is 5. The maximum atomic E-state index is 11.5. The van der Waals surface area contributed by atoms with E-state index in [-0.39, 0.29) is 16.8 Å². The van der Waals surface area contributed by atoms with Crippen molar-refractivity contribution < 1.29 is 30.9 Å². The fraction of sp³-hybridized carbons (Fsp3) is 0. The molecular formula is C14H10N3O8S2+. The number of non-ortho nitro benzene ring substituents is 1. The van der Waals surface area contributed by atoms with Gasteiger partial charge in [0.1, 0.15) is 9.79 Å². The number of hydrogen-bond donors (Lipinski definition) is 2. The van der Waals surface area contributed by atoms with Crippen LogP contribution in [0.15, 0.2) is 46.2 Å². The van der Waals surface area contributed by atoms with Crippen LogP contribution in [0, 0.1) is 15.5 Å². The van der Waals surface area contributed by atoms with E-state index < -0.39 is 40.6 Å². The summed E-state index contributed by atoms with van der Waals surface area (Å²) < 4.78 is 64.4. The largest absolute Gasteiger partial charge is 0.386 e. The molecule has 0 spiro atoms. The van der Waals surface area contributed by atoms with Crippen LogP contribution in [-0.4, -0.2) is 30.9 Å². The second-order valence-electron chi connectivity index (χ2n) is 5.08. The molecule has 0 aromatic heterocycles. The molecule has 140 valence electrons. The van der Waals surface area contributed by atoms with Gasteiger partial charge >= 0.3 is 5.69 Å². The Morgan fingerprint density at radius 1 is 0.926 bits per heavy atom. The summed E-state index contributed by atoms with van der Waals surface area (Å²) in [6, 6.07) is 5.94. The molecule has 2 N–H and O–H groups in total. The predicted molar refractivity (Wildman–Crippen MR) is 92.8 cm³/mol.